The summed E-state index contributed by atoms with van der Waals surface area (Å²) in [5.41, 5.74) is 0.993. The summed E-state index contributed by atoms with van der Waals surface area (Å²) in [6.45, 7) is 0. The van der Waals surface area contributed by atoms with E-state index in [1.807, 2.05) is 6.07 Å². The van der Waals surface area contributed by atoms with Crippen molar-refractivity contribution in [3.63, 3.8) is 0 Å². The lowest BCUT2D eigenvalue weighted by Gasteiger charge is -2.19. The molecule has 1 N–H and O–H groups in total. The average molecular weight is 319 g/mol. The molecular weight excluding hydrogens is 298 g/mol. The molecule has 22 heavy (non-hydrogen) atoms. The number of aryl methyl sites for hydroxylation is 1. The van der Waals surface area contributed by atoms with Gasteiger partial charge in [0.05, 0.1) is 10.6 Å². The van der Waals surface area contributed by atoms with Gasteiger partial charge in [0.2, 0.25) is 0 Å². The third kappa shape index (κ3) is 3.16. The summed E-state index contributed by atoms with van der Waals surface area (Å²) in [4.78, 5) is 0.260. The van der Waals surface area contributed by atoms with Gasteiger partial charge in [-0.15, -0.1) is 0 Å². The van der Waals surface area contributed by atoms with Gasteiger partial charge in [0.1, 0.15) is 5.82 Å². The number of nitrogens with one attached hydrogen (secondary N) is 1. The Morgan fingerprint density at radius 1 is 1.14 bits per heavy atom. The zero-order valence-corrected chi connectivity index (χ0v) is 13.5. The average Bonchev–Trinajstić information content (AvgIpc) is 2.89. The van der Waals surface area contributed by atoms with Crippen LogP contribution in [0.1, 0.15) is 43.7 Å². The summed E-state index contributed by atoms with van der Waals surface area (Å²) < 4.78 is 29.0. The van der Waals surface area contributed by atoms with Crippen molar-refractivity contribution in [3.8, 4) is 0 Å². The molecule has 0 bridgehead atoms. The summed E-state index contributed by atoms with van der Waals surface area (Å²) in [6.07, 6.45) is 6.03. The largest absolute Gasteiger partial charge is 0.264 e. The first-order chi connectivity index (χ1) is 10.6. The van der Waals surface area contributed by atoms with Crippen LogP contribution in [0.5, 0.6) is 0 Å². The van der Waals surface area contributed by atoms with Crippen LogP contribution < -0.4 is 4.72 Å². The molecule has 3 rings (SSSR count). The molecule has 1 aromatic carbocycles. The van der Waals surface area contributed by atoms with Gasteiger partial charge in [0.15, 0.2) is 0 Å². The second-order valence-corrected chi connectivity index (χ2v) is 7.51. The van der Waals surface area contributed by atoms with Gasteiger partial charge in [-0.25, -0.2) is 8.42 Å². The molecular formula is C16H21N3O2S. The maximum atomic E-state index is 12.4. The summed E-state index contributed by atoms with van der Waals surface area (Å²) in [6, 6.07) is 10.3. The van der Waals surface area contributed by atoms with Crippen molar-refractivity contribution in [1.82, 2.24) is 9.78 Å². The maximum absolute atomic E-state index is 12.4. The van der Waals surface area contributed by atoms with Crippen LogP contribution >= 0.6 is 0 Å². The molecule has 1 heterocycles. The highest BCUT2D eigenvalue weighted by molar-refractivity contribution is 7.92. The first kappa shape index (κ1) is 15.1. The minimum absolute atomic E-state index is 0.260. The van der Waals surface area contributed by atoms with E-state index < -0.39 is 10.0 Å². The van der Waals surface area contributed by atoms with Crippen LogP contribution in [0.2, 0.25) is 0 Å². The number of rotatable bonds is 4. The third-order valence-corrected chi connectivity index (χ3v) is 5.59. The minimum Gasteiger partial charge on any atom is -0.264 e. The fraction of sp³-hybridized carbons (Fsp3) is 0.438. The Balaban J connectivity index is 1.82. The number of hydrogen-bond acceptors (Lipinski definition) is 3. The Labute approximate surface area is 131 Å². The standard InChI is InChI=1S/C16H21N3O2S/c1-19-16(12-15(17-19)13-8-4-2-5-9-13)18-22(20,21)14-10-6-3-7-11-14/h3,6-7,10-13,18H,2,4-5,8-9H2,1H3. The molecule has 0 aliphatic heterocycles. The van der Waals surface area contributed by atoms with Gasteiger partial charge in [-0.1, -0.05) is 37.5 Å². The van der Waals surface area contributed by atoms with Crippen LogP contribution in [0.3, 0.4) is 0 Å². The van der Waals surface area contributed by atoms with E-state index >= 15 is 0 Å². The molecule has 0 unspecified atom stereocenters. The highest BCUT2D eigenvalue weighted by atomic mass is 32.2. The van der Waals surface area contributed by atoms with Crippen molar-refractivity contribution in [2.24, 2.45) is 7.05 Å². The molecule has 0 spiro atoms. The van der Waals surface area contributed by atoms with Crippen LogP contribution in [0.15, 0.2) is 41.3 Å². The van der Waals surface area contributed by atoms with E-state index in [1.54, 1.807) is 42.1 Å². The summed E-state index contributed by atoms with van der Waals surface area (Å²) >= 11 is 0. The number of nitrogens with zero attached hydrogens (tertiary/aromatic N) is 2. The summed E-state index contributed by atoms with van der Waals surface area (Å²) in [5.74, 6) is 0.972. The highest BCUT2D eigenvalue weighted by Crippen LogP contribution is 2.33. The molecule has 1 aromatic heterocycles. The monoisotopic (exact) mass is 319 g/mol. The molecule has 1 aliphatic rings. The van der Waals surface area contributed by atoms with Gasteiger partial charge in [-0.05, 0) is 25.0 Å². The number of aromatic nitrogens is 2. The molecule has 1 saturated carbocycles. The number of hydrogen-bond donors (Lipinski definition) is 1. The van der Waals surface area contributed by atoms with Crippen LogP contribution in [0.25, 0.3) is 0 Å². The minimum atomic E-state index is -3.56. The first-order valence-corrected chi connectivity index (χ1v) is 9.16. The number of anilines is 1. The second-order valence-electron chi connectivity index (χ2n) is 5.83. The Kier molecular flexibility index (Phi) is 4.20. The van der Waals surface area contributed by atoms with Gasteiger partial charge >= 0.3 is 0 Å². The van der Waals surface area contributed by atoms with Crippen molar-refractivity contribution in [1.29, 1.82) is 0 Å². The lowest BCUT2D eigenvalue weighted by Crippen LogP contribution is -2.15. The van der Waals surface area contributed by atoms with Gasteiger partial charge in [0.25, 0.3) is 10.0 Å². The number of sulfonamides is 1. The molecule has 0 radical (unpaired) electrons. The lowest BCUT2D eigenvalue weighted by atomic mass is 9.87. The first-order valence-electron chi connectivity index (χ1n) is 7.68. The van der Waals surface area contributed by atoms with E-state index in [2.05, 4.69) is 9.82 Å². The van der Waals surface area contributed by atoms with Crippen molar-refractivity contribution in [3.05, 3.63) is 42.1 Å². The van der Waals surface area contributed by atoms with Crippen molar-refractivity contribution >= 4 is 15.8 Å². The number of benzene rings is 1. The zero-order chi connectivity index (χ0) is 15.6. The molecule has 1 fully saturated rings. The van der Waals surface area contributed by atoms with Crippen molar-refractivity contribution in [2.45, 2.75) is 42.9 Å². The zero-order valence-electron chi connectivity index (χ0n) is 12.7. The fourth-order valence-electron chi connectivity index (χ4n) is 2.98. The summed E-state index contributed by atoms with van der Waals surface area (Å²) in [5, 5.41) is 4.50. The van der Waals surface area contributed by atoms with Crippen molar-refractivity contribution in [2.75, 3.05) is 4.72 Å². The van der Waals surface area contributed by atoms with Crippen LogP contribution in [0.4, 0.5) is 5.82 Å². The SMILES string of the molecule is Cn1nc(C2CCCCC2)cc1NS(=O)(=O)c1ccccc1. The normalized spacial score (nSPS) is 16.6. The molecule has 6 heteroatoms. The Morgan fingerprint density at radius 2 is 1.82 bits per heavy atom. The van der Waals surface area contributed by atoms with Gasteiger partial charge < -0.3 is 0 Å². The highest BCUT2D eigenvalue weighted by Gasteiger charge is 2.21. The van der Waals surface area contributed by atoms with Crippen LogP contribution in [-0.4, -0.2) is 18.2 Å². The molecule has 118 valence electrons. The van der Waals surface area contributed by atoms with E-state index in [4.69, 9.17) is 0 Å². The molecule has 0 atom stereocenters. The van der Waals surface area contributed by atoms with Gasteiger partial charge in [-0.3, -0.25) is 9.40 Å². The van der Waals surface area contributed by atoms with Crippen LogP contribution in [0, 0.1) is 0 Å². The fourth-order valence-corrected chi connectivity index (χ4v) is 4.08. The predicted molar refractivity (Wildman–Crippen MR) is 86.3 cm³/mol. The van der Waals surface area contributed by atoms with Gasteiger partial charge in [-0.2, -0.15) is 5.10 Å². The second kappa shape index (κ2) is 6.12. The van der Waals surface area contributed by atoms with E-state index in [1.165, 1.54) is 19.3 Å². The molecule has 1 aliphatic carbocycles. The Bertz CT molecular complexity index is 732. The Hall–Kier alpha value is -1.82. The topological polar surface area (TPSA) is 64.0 Å². The van der Waals surface area contributed by atoms with E-state index in [-0.39, 0.29) is 4.90 Å². The molecule has 5 nitrogen and oxygen atoms in total. The molecule has 2 aromatic rings. The predicted octanol–water partition coefficient (Wildman–Crippen LogP) is 3.27. The lowest BCUT2D eigenvalue weighted by molar-refractivity contribution is 0.433. The summed E-state index contributed by atoms with van der Waals surface area (Å²) in [7, 11) is -1.79. The van der Waals surface area contributed by atoms with E-state index in [9.17, 15) is 8.42 Å². The maximum Gasteiger partial charge on any atom is 0.263 e. The third-order valence-electron chi connectivity index (χ3n) is 4.21. The quantitative estimate of drug-likeness (QED) is 0.940. The van der Waals surface area contributed by atoms with E-state index in [0.29, 0.717) is 11.7 Å². The van der Waals surface area contributed by atoms with Gasteiger partial charge in [0, 0.05) is 19.0 Å². The smallest absolute Gasteiger partial charge is 0.263 e. The molecule has 0 amide bonds. The van der Waals surface area contributed by atoms with E-state index in [0.717, 1.165) is 18.5 Å². The van der Waals surface area contributed by atoms with Crippen LogP contribution in [-0.2, 0) is 17.1 Å². The Morgan fingerprint density at radius 3 is 2.50 bits per heavy atom. The van der Waals surface area contributed by atoms with Crippen molar-refractivity contribution < 1.29 is 8.42 Å². The molecule has 0 saturated heterocycles.